The SMILES string of the molecule is CCc1nc(CCNC(=O)CC(CN)OC)cs1. The topological polar surface area (TPSA) is 77.2 Å². The molecule has 3 N–H and O–H groups in total. The molecular weight excluding hydrogens is 250 g/mol. The number of carbonyl (C=O) groups excluding carboxylic acids is 1. The number of nitrogens with zero attached hydrogens (tertiary/aromatic N) is 1. The minimum Gasteiger partial charge on any atom is -0.380 e. The van der Waals surface area contributed by atoms with Crippen molar-refractivity contribution in [2.45, 2.75) is 32.3 Å². The fourth-order valence-electron chi connectivity index (χ4n) is 1.50. The summed E-state index contributed by atoms with van der Waals surface area (Å²) in [6.45, 7) is 3.05. The number of thiazole rings is 1. The van der Waals surface area contributed by atoms with Gasteiger partial charge in [0.15, 0.2) is 0 Å². The number of carbonyl (C=O) groups is 1. The molecule has 0 aliphatic rings. The number of amides is 1. The molecule has 1 heterocycles. The van der Waals surface area contributed by atoms with Crippen LogP contribution in [0.1, 0.15) is 24.0 Å². The van der Waals surface area contributed by atoms with E-state index in [1.54, 1.807) is 18.4 Å². The highest BCUT2D eigenvalue weighted by molar-refractivity contribution is 7.09. The molecule has 18 heavy (non-hydrogen) atoms. The number of aromatic nitrogens is 1. The number of nitrogens with one attached hydrogen (secondary N) is 1. The monoisotopic (exact) mass is 271 g/mol. The number of hydrogen-bond donors (Lipinski definition) is 2. The van der Waals surface area contributed by atoms with Gasteiger partial charge in [-0.1, -0.05) is 6.92 Å². The summed E-state index contributed by atoms with van der Waals surface area (Å²) >= 11 is 1.67. The van der Waals surface area contributed by atoms with Crippen molar-refractivity contribution in [3.05, 3.63) is 16.1 Å². The zero-order valence-electron chi connectivity index (χ0n) is 10.9. The Morgan fingerprint density at radius 1 is 1.67 bits per heavy atom. The third-order valence-electron chi connectivity index (χ3n) is 2.61. The van der Waals surface area contributed by atoms with Crippen LogP contribution in [-0.4, -0.2) is 37.2 Å². The Morgan fingerprint density at radius 3 is 3.00 bits per heavy atom. The van der Waals surface area contributed by atoms with Gasteiger partial charge in [0, 0.05) is 32.0 Å². The predicted molar refractivity (Wildman–Crippen MR) is 72.7 cm³/mol. The Labute approximate surface area is 112 Å². The van der Waals surface area contributed by atoms with Crippen LogP contribution in [0.4, 0.5) is 0 Å². The van der Waals surface area contributed by atoms with Crippen molar-refractivity contribution in [1.29, 1.82) is 0 Å². The molecule has 0 aromatic carbocycles. The second-order valence-electron chi connectivity index (χ2n) is 3.98. The van der Waals surface area contributed by atoms with E-state index >= 15 is 0 Å². The van der Waals surface area contributed by atoms with Gasteiger partial charge in [0.1, 0.15) is 0 Å². The van der Waals surface area contributed by atoms with E-state index in [0.29, 0.717) is 19.5 Å². The fraction of sp³-hybridized carbons (Fsp3) is 0.667. The van der Waals surface area contributed by atoms with Crippen molar-refractivity contribution in [3.63, 3.8) is 0 Å². The smallest absolute Gasteiger partial charge is 0.222 e. The van der Waals surface area contributed by atoms with Crippen molar-refractivity contribution >= 4 is 17.2 Å². The van der Waals surface area contributed by atoms with Gasteiger partial charge >= 0.3 is 0 Å². The summed E-state index contributed by atoms with van der Waals surface area (Å²) in [7, 11) is 1.56. The molecule has 1 atom stereocenters. The molecule has 0 aliphatic heterocycles. The summed E-state index contributed by atoms with van der Waals surface area (Å²) < 4.78 is 5.06. The third-order valence-corrected chi connectivity index (χ3v) is 3.66. The summed E-state index contributed by atoms with van der Waals surface area (Å²) in [5.41, 5.74) is 6.50. The minimum atomic E-state index is -0.198. The maximum Gasteiger partial charge on any atom is 0.222 e. The molecule has 0 fully saturated rings. The zero-order chi connectivity index (χ0) is 13.4. The number of hydrogen-bond acceptors (Lipinski definition) is 5. The maximum atomic E-state index is 11.6. The number of methoxy groups -OCH3 is 1. The number of rotatable bonds is 8. The lowest BCUT2D eigenvalue weighted by Crippen LogP contribution is -2.33. The Morgan fingerprint density at radius 2 is 2.44 bits per heavy atom. The standard InChI is InChI=1S/C12H21N3O2S/c1-3-12-15-9(8-18-12)4-5-14-11(16)6-10(7-13)17-2/h8,10H,3-7,13H2,1-2H3,(H,14,16). The molecule has 102 valence electrons. The molecule has 0 saturated carbocycles. The van der Waals surface area contributed by atoms with Gasteiger partial charge in [0.2, 0.25) is 5.91 Å². The first-order valence-corrected chi connectivity index (χ1v) is 7.00. The highest BCUT2D eigenvalue weighted by atomic mass is 32.1. The van der Waals surface area contributed by atoms with Gasteiger partial charge in [-0.2, -0.15) is 0 Å². The third kappa shape index (κ3) is 5.12. The van der Waals surface area contributed by atoms with Crippen LogP contribution in [0.5, 0.6) is 0 Å². The second kappa shape index (κ2) is 8.18. The van der Waals surface area contributed by atoms with Crippen LogP contribution in [0.3, 0.4) is 0 Å². The molecule has 6 heteroatoms. The van der Waals surface area contributed by atoms with E-state index in [1.807, 2.05) is 5.38 Å². The minimum absolute atomic E-state index is 0.0294. The Balaban J connectivity index is 2.22. The molecule has 0 bridgehead atoms. The normalized spacial score (nSPS) is 12.4. The molecule has 0 aliphatic carbocycles. The van der Waals surface area contributed by atoms with Crippen molar-refractivity contribution in [2.75, 3.05) is 20.2 Å². The van der Waals surface area contributed by atoms with Gasteiger partial charge in [-0.15, -0.1) is 11.3 Å². The Bertz CT molecular complexity index is 364. The van der Waals surface area contributed by atoms with Crippen molar-refractivity contribution in [1.82, 2.24) is 10.3 Å². The Kier molecular flexibility index (Phi) is 6.85. The lowest BCUT2D eigenvalue weighted by atomic mass is 10.2. The molecule has 1 amide bonds. The van der Waals surface area contributed by atoms with E-state index in [2.05, 4.69) is 17.2 Å². The van der Waals surface area contributed by atoms with Crippen molar-refractivity contribution in [3.8, 4) is 0 Å². The average Bonchev–Trinajstić information content (AvgIpc) is 2.84. The van der Waals surface area contributed by atoms with E-state index in [9.17, 15) is 4.79 Å². The van der Waals surface area contributed by atoms with Gasteiger partial charge in [0.25, 0.3) is 0 Å². The first-order valence-electron chi connectivity index (χ1n) is 6.12. The quantitative estimate of drug-likeness (QED) is 0.730. The van der Waals surface area contributed by atoms with E-state index in [4.69, 9.17) is 10.5 Å². The van der Waals surface area contributed by atoms with Crippen LogP contribution in [-0.2, 0) is 22.4 Å². The molecule has 1 rings (SSSR count). The summed E-state index contributed by atoms with van der Waals surface area (Å²) in [5, 5.41) is 6.03. The highest BCUT2D eigenvalue weighted by Gasteiger charge is 2.10. The van der Waals surface area contributed by atoms with Crippen LogP contribution >= 0.6 is 11.3 Å². The van der Waals surface area contributed by atoms with E-state index < -0.39 is 0 Å². The highest BCUT2D eigenvalue weighted by Crippen LogP contribution is 2.10. The fourth-order valence-corrected chi connectivity index (χ4v) is 2.28. The lowest BCUT2D eigenvalue weighted by Gasteiger charge is -2.12. The molecular formula is C12H21N3O2S. The summed E-state index contributed by atoms with van der Waals surface area (Å²) in [6.07, 6.45) is 1.84. The molecule has 0 saturated heterocycles. The van der Waals surface area contributed by atoms with Crippen LogP contribution in [0.15, 0.2) is 5.38 Å². The summed E-state index contributed by atoms with van der Waals surface area (Å²) in [5.74, 6) is -0.0294. The van der Waals surface area contributed by atoms with E-state index in [0.717, 1.165) is 23.5 Å². The van der Waals surface area contributed by atoms with Crippen molar-refractivity contribution in [2.24, 2.45) is 5.73 Å². The van der Waals surface area contributed by atoms with Crippen molar-refractivity contribution < 1.29 is 9.53 Å². The first kappa shape index (κ1) is 15.1. The van der Waals surface area contributed by atoms with Gasteiger partial charge in [-0.3, -0.25) is 4.79 Å². The van der Waals surface area contributed by atoms with Crippen LogP contribution < -0.4 is 11.1 Å². The maximum absolute atomic E-state index is 11.6. The largest absolute Gasteiger partial charge is 0.380 e. The molecule has 1 aromatic rings. The van der Waals surface area contributed by atoms with Crippen LogP contribution in [0.25, 0.3) is 0 Å². The van der Waals surface area contributed by atoms with Crippen LogP contribution in [0, 0.1) is 0 Å². The second-order valence-corrected chi connectivity index (χ2v) is 4.93. The molecule has 1 unspecified atom stereocenters. The molecule has 0 spiro atoms. The van der Waals surface area contributed by atoms with E-state index in [1.165, 1.54) is 0 Å². The summed E-state index contributed by atoms with van der Waals surface area (Å²) in [6, 6.07) is 0. The summed E-state index contributed by atoms with van der Waals surface area (Å²) in [4.78, 5) is 16.0. The van der Waals surface area contributed by atoms with Gasteiger partial charge in [-0.25, -0.2) is 4.98 Å². The average molecular weight is 271 g/mol. The molecule has 1 aromatic heterocycles. The number of aryl methyl sites for hydroxylation is 1. The van der Waals surface area contributed by atoms with Gasteiger partial charge in [-0.05, 0) is 6.42 Å². The van der Waals surface area contributed by atoms with Gasteiger partial charge < -0.3 is 15.8 Å². The molecule has 5 nitrogen and oxygen atoms in total. The predicted octanol–water partition coefficient (Wildman–Crippen LogP) is 0.728. The molecule has 0 radical (unpaired) electrons. The lowest BCUT2D eigenvalue weighted by molar-refractivity contribution is -0.123. The number of nitrogens with two attached hydrogens (primary N) is 1. The Hall–Kier alpha value is -0.980. The zero-order valence-corrected chi connectivity index (χ0v) is 11.8. The van der Waals surface area contributed by atoms with Gasteiger partial charge in [0.05, 0.1) is 23.2 Å². The number of ether oxygens (including phenoxy) is 1. The van der Waals surface area contributed by atoms with Crippen LogP contribution in [0.2, 0.25) is 0 Å². The van der Waals surface area contributed by atoms with E-state index in [-0.39, 0.29) is 12.0 Å². The first-order chi connectivity index (χ1) is 8.69.